The summed E-state index contributed by atoms with van der Waals surface area (Å²) in [6, 6.07) is 7.33. The van der Waals surface area contributed by atoms with E-state index in [2.05, 4.69) is 22.1 Å². The van der Waals surface area contributed by atoms with E-state index in [9.17, 15) is 10.1 Å². The van der Waals surface area contributed by atoms with Gasteiger partial charge in [-0.15, -0.1) is 0 Å². The van der Waals surface area contributed by atoms with Crippen LogP contribution in [0.15, 0.2) is 29.4 Å². The van der Waals surface area contributed by atoms with Crippen molar-refractivity contribution < 1.29 is 5.03 Å². The summed E-state index contributed by atoms with van der Waals surface area (Å²) in [5.74, 6) is 0.712. The molecule has 0 spiro atoms. The molecule has 0 aliphatic heterocycles. The molecule has 0 aliphatic rings. The lowest BCUT2D eigenvalue weighted by Gasteiger charge is -2.03. The molecule has 1 aromatic carbocycles. The molecule has 1 heterocycles. The van der Waals surface area contributed by atoms with Crippen molar-refractivity contribution in [2.45, 2.75) is 45.6 Å². The fraction of sp³-hybridized carbons (Fsp3) is 0.467. The lowest BCUT2D eigenvalue weighted by Crippen LogP contribution is -2.22. The molecule has 0 amide bonds. The second-order valence-electron chi connectivity index (χ2n) is 5.33. The van der Waals surface area contributed by atoms with E-state index in [0.717, 1.165) is 31.2 Å². The topological polar surface area (TPSA) is 89.1 Å². The Kier molecular flexibility index (Phi) is 6.34. The number of hydrogen-bond donors (Lipinski definition) is 1. The molecule has 2 aromatic rings. The van der Waals surface area contributed by atoms with Crippen LogP contribution in [0.1, 0.15) is 44.0 Å². The molecule has 0 atom stereocenters. The van der Waals surface area contributed by atoms with Crippen LogP contribution in [-0.2, 0) is 13.0 Å². The Bertz CT molecular complexity index is 723. The molecular weight excluding hydrogens is 318 g/mol. The minimum atomic E-state index is -0.731. The Morgan fingerprint density at radius 1 is 1.39 bits per heavy atom. The van der Waals surface area contributed by atoms with Crippen LogP contribution in [0.3, 0.4) is 0 Å². The van der Waals surface area contributed by atoms with Gasteiger partial charge in [-0.25, -0.2) is 14.8 Å². The molecule has 0 bridgehead atoms. The van der Waals surface area contributed by atoms with Crippen LogP contribution in [0, 0.1) is 10.1 Å². The Balaban J connectivity index is 2.19. The maximum Gasteiger partial charge on any atom is 0.318 e. The zero-order chi connectivity index (χ0) is 16.7. The monoisotopic (exact) mass is 337 g/mol. The van der Waals surface area contributed by atoms with E-state index in [1.165, 1.54) is 6.42 Å². The number of halogens is 1. The number of aromatic amines is 1. The molecule has 7 nitrogen and oxygen atoms in total. The molecule has 2 rings (SSSR count). The molecule has 8 heteroatoms. The van der Waals surface area contributed by atoms with Crippen molar-refractivity contribution in [1.82, 2.24) is 14.8 Å². The molecule has 0 aliphatic carbocycles. The number of aryl methyl sites for hydroxylation is 1. The molecule has 0 saturated heterocycles. The first-order chi connectivity index (χ1) is 11.1. The summed E-state index contributed by atoms with van der Waals surface area (Å²) in [6.07, 6.45) is 5.20. The summed E-state index contributed by atoms with van der Waals surface area (Å²) in [5, 5.41) is 17.0. The van der Waals surface area contributed by atoms with E-state index in [1.54, 1.807) is 10.7 Å². The van der Waals surface area contributed by atoms with E-state index in [4.69, 9.17) is 11.6 Å². The third-order valence-electron chi connectivity index (χ3n) is 3.41. The van der Waals surface area contributed by atoms with Gasteiger partial charge in [0.2, 0.25) is 0 Å². The first-order valence-electron chi connectivity index (χ1n) is 7.67. The number of nitrogens with one attached hydrogen (secondary N) is 1. The molecule has 0 radical (unpaired) electrons. The normalized spacial score (nSPS) is 11.8. The van der Waals surface area contributed by atoms with Crippen molar-refractivity contribution in [2.24, 2.45) is 5.10 Å². The SMILES string of the molecule is CCCCCCc1n/c(=N\[N+](=O)[O-])n(Cc2cccc(Cl)c2)[nH]1. The summed E-state index contributed by atoms with van der Waals surface area (Å²) in [6.45, 7) is 2.55. The molecule has 1 N–H and O–H groups in total. The first kappa shape index (κ1) is 17.2. The predicted octanol–water partition coefficient (Wildman–Crippen LogP) is 3.13. The highest BCUT2D eigenvalue weighted by Gasteiger charge is 2.08. The summed E-state index contributed by atoms with van der Waals surface area (Å²) in [5.41, 5.74) is 0.990. The van der Waals surface area contributed by atoms with Gasteiger partial charge in [-0.1, -0.05) is 49.9 Å². The summed E-state index contributed by atoms with van der Waals surface area (Å²) >= 11 is 5.97. The number of hydrogen-bond acceptors (Lipinski definition) is 3. The maximum absolute atomic E-state index is 10.7. The highest BCUT2D eigenvalue weighted by molar-refractivity contribution is 6.30. The van der Waals surface area contributed by atoms with Gasteiger partial charge in [0.1, 0.15) is 10.9 Å². The third kappa shape index (κ3) is 5.52. The van der Waals surface area contributed by atoms with Gasteiger partial charge in [0.05, 0.1) is 6.54 Å². The molecule has 0 fully saturated rings. The van der Waals surface area contributed by atoms with Gasteiger partial charge in [-0.2, -0.15) is 4.98 Å². The number of aromatic nitrogens is 3. The van der Waals surface area contributed by atoms with Crippen LogP contribution >= 0.6 is 11.6 Å². The molecule has 1 aromatic heterocycles. The lowest BCUT2D eigenvalue weighted by molar-refractivity contribution is -0.491. The molecular formula is C15H20ClN5O2. The van der Waals surface area contributed by atoms with Crippen LogP contribution in [-0.4, -0.2) is 19.8 Å². The Morgan fingerprint density at radius 2 is 2.22 bits per heavy atom. The van der Waals surface area contributed by atoms with Crippen LogP contribution in [0.25, 0.3) is 0 Å². The van der Waals surface area contributed by atoms with Crippen LogP contribution in [0.2, 0.25) is 5.02 Å². The first-order valence-corrected chi connectivity index (χ1v) is 8.05. The van der Waals surface area contributed by atoms with Crippen molar-refractivity contribution >= 4 is 11.6 Å². The van der Waals surface area contributed by atoms with Gasteiger partial charge in [-0.3, -0.25) is 5.10 Å². The Hall–Kier alpha value is -2.15. The number of unbranched alkanes of at least 4 members (excludes halogenated alkanes) is 3. The zero-order valence-electron chi connectivity index (χ0n) is 13.0. The van der Waals surface area contributed by atoms with Gasteiger partial charge < -0.3 is 0 Å². The van der Waals surface area contributed by atoms with E-state index in [1.807, 2.05) is 18.2 Å². The van der Waals surface area contributed by atoms with Crippen LogP contribution < -0.4 is 5.62 Å². The van der Waals surface area contributed by atoms with Gasteiger partial charge in [0.25, 0.3) is 0 Å². The quantitative estimate of drug-likeness (QED) is 0.456. The van der Waals surface area contributed by atoms with Gasteiger partial charge >= 0.3 is 5.62 Å². The number of benzene rings is 1. The van der Waals surface area contributed by atoms with Gasteiger partial charge in [0.15, 0.2) is 5.03 Å². The Morgan fingerprint density at radius 3 is 2.91 bits per heavy atom. The van der Waals surface area contributed by atoms with Crippen molar-refractivity contribution in [2.75, 3.05) is 0 Å². The number of nitrogens with zero attached hydrogens (tertiary/aromatic N) is 4. The standard InChI is InChI=1S/C15H20ClN5O2/c1-2-3-4-5-9-14-17-15(19-21(22)23)20(18-14)11-12-7-6-8-13(16)10-12/h6-8,10H,2-5,9,11H2,1H3,(H,17,18,19). The predicted molar refractivity (Wildman–Crippen MR) is 87.5 cm³/mol. The molecule has 0 saturated carbocycles. The van der Waals surface area contributed by atoms with E-state index < -0.39 is 5.03 Å². The number of nitro groups is 1. The van der Waals surface area contributed by atoms with Crippen LogP contribution in [0.5, 0.6) is 0 Å². The number of H-pyrrole nitrogens is 1. The second kappa shape index (κ2) is 8.47. The smallest absolute Gasteiger partial charge is 0.282 e. The van der Waals surface area contributed by atoms with Crippen molar-refractivity contribution in [3.05, 3.63) is 56.4 Å². The van der Waals surface area contributed by atoms with Gasteiger partial charge in [0, 0.05) is 11.4 Å². The molecule has 124 valence electrons. The zero-order valence-corrected chi connectivity index (χ0v) is 13.8. The fourth-order valence-electron chi connectivity index (χ4n) is 2.32. The third-order valence-corrected chi connectivity index (χ3v) is 3.64. The van der Waals surface area contributed by atoms with E-state index in [0.29, 0.717) is 17.4 Å². The average molecular weight is 338 g/mol. The lowest BCUT2D eigenvalue weighted by atomic mass is 10.1. The maximum atomic E-state index is 10.7. The molecule has 0 unspecified atom stereocenters. The van der Waals surface area contributed by atoms with Gasteiger partial charge in [-0.05, 0) is 24.1 Å². The fourth-order valence-corrected chi connectivity index (χ4v) is 2.53. The van der Waals surface area contributed by atoms with Crippen molar-refractivity contribution in [3.8, 4) is 0 Å². The summed E-state index contributed by atoms with van der Waals surface area (Å²) in [4.78, 5) is 14.9. The van der Waals surface area contributed by atoms with E-state index in [-0.39, 0.29) is 5.62 Å². The summed E-state index contributed by atoms with van der Waals surface area (Å²) in [7, 11) is 0. The number of rotatable bonds is 8. The van der Waals surface area contributed by atoms with Crippen molar-refractivity contribution in [3.63, 3.8) is 0 Å². The van der Waals surface area contributed by atoms with Crippen molar-refractivity contribution in [1.29, 1.82) is 0 Å². The highest BCUT2D eigenvalue weighted by atomic mass is 35.5. The van der Waals surface area contributed by atoms with Crippen LogP contribution in [0.4, 0.5) is 0 Å². The minimum absolute atomic E-state index is 0.0699. The summed E-state index contributed by atoms with van der Waals surface area (Å²) < 4.78 is 1.57. The molecule has 23 heavy (non-hydrogen) atoms. The highest BCUT2D eigenvalue weighted by Crippen LogP contribution is 2.11. The Labute approximate surface area is 139 Å². The largest absolute Gasteiger partial charge is 0.318 e. The minimum Gasteiger partial charge on any atom is -0.282 e. The van der Waals surface area contributed by atoms with E-state index >= 15 is 0 Å². The average Bonchev–Trinajstić information content (AvgIpc) is 2.85. The second-order valence-corrected chi connectivity index (χ2v) is 5.77.